The molecular weight excluding hydrogens is 208 g/mol. The summed E-state index contributed by atoms with van der Waals surface area (Å²) in [4.78, 5) is 25.9. The first-order valence-corrected chi connectivity index (χ1v) is 4.87. The molecule has 1 heterocycles. The van der Waals surface area contributed by atoms with Crippen LogP contribution in [0.15, 0.2) is 22.5 Å². The van der Waals surface area contributed by atoms with E-state index in [1.54, 1.807) is 19.9 Å². The van der Waals surface area contributed by atoms with Gasteiger partial charge in [0, 0.05) is 23.5 Å². The van der Waals surface area contributed by atoms with Crippen LogP contribution in [0.25, 0.3) is 0 Å². The topological polar surface area (TPSA) is 72.2 Å². The van der Waals surface area contributed by atoms with Gasteiger partial charge in [-0.25, -0.2) is 9.59 Å². The summed E-state index contributed by atoms with van der Waals surface area (Å²) < 4.78 is 1.43. The second-order valence-corrected chi connectivity index (χ2v) is 3.62. The van der Waals surface area contributed by atoms with E-state index in [2.05, 4.69) is 4.98 Å². The Kier molecular flexibility index (Phi) is 3.60. The zero-order chi connectivity index (χ0) is 12.3. The number of allylic oxidation sites excluding steroid dienone is 1. The third-order valence-corrected chi connectivity index (χ3v) is 2.26. The number of aromatic nitrogens is 2. The number of aliphatic carboxylic acids is 1. The Morgan fingerprint density at radius 1 is 1.56 bits per heavy atom. The number of carboxylic acid groups (broad SMARTS) is 1. The highest BCUT2D eigenvalue weighted by Gasteiger charge is 2.03. The van der Waals surface area contributed by atoms with Gasteiger partial charge < -0.3 is 5.11 Å². The molecule has 0 aliphatic rings. The highest BCUT2D eigenvalue weighted by Crippen LogP contribution is 1.99. The fourth-order valence-electron chi connectivity index (χ4n) is 1.31. The number of carbonyl (C=O) groups is 1. The summed E-state index contributed by atoms with van der Waals surface area (Å²) in [7, 11) is 0. The van der Waals surface area contributed by atoms with Crippen LogP contribution < -0.4 is 5.69 Å². The van der Waals surface area contributed by atoms with Crippen LogP contribution in [0.4, 0.5) is 0 Å². The molecule has 0 fully saturated rings. The monoisotopic (exact) mass is 222 g/mol. The average molecular weight is 222 g/mol. The van der Waals surface area contributed by atoms with Crippen molar-refractivity contribution in [3.8, 4) is 0 Å². The minimum absolute atomic E-state index is 0.215. The third-order valence-electron chi connectivity index (χ3n) is 2.26. The minimum Gasteiger partial charge on any atom is -0.478 e. The summed E-state index contributed by atoms with van der Waals surface area (Å²) in [6.07, 6.45) is 1.49. The predicted octanol–water partition coefficient (Wildman–Crippen LogP) is 0.891. The van der Waals surface area contributed by atoms with E-state index >= 15 is 0 Å². The fraction of sp³-hybridized carbons (Fsp3) is 0.364. The molecule has 5 heteroatoms. The molecule has 0 aliphatic carbocycles. The predicted molar refractivity (Wildman–Crippen MR) is 59.4 cm³/mol. The van der Waals surface area contributed by atoms with Gasteiger partial charge in [-0.2, -0.15) is 4.98 Å². The number of aryl methyl sites for hydroxylation is 2. The van der Waals surface area contributed by atoms with Crippen molar-refractivity contribution in [2.24, 2.45) is 0 Å². The Labute approximate surface area is 93.1 Å². The van der Waals surface area contributed by atoms with Crippen LogP contribution in [0.3, 0.4) is 0 Å². The summed E-state index contributed by atoms with van der Waals surface area (Å²) in [5.41, 5.74) is 1.29. The molecule has 0 saturated carbocycles. The second-order valence-electron chi connectivity index (χ2n) is 3.62. The van der Waals surface area contributed by atoms with Crippen molar-refractivity contribution in [3.05, 3.63) is 39.6 Å². The van der Waals surface area contributed by atoms with Crippen LogP contribution in [0.1, 0.15) is 18.3 Å². The largest absolute Gasteiger partial charge is 0.478 e. The van der Waals surface area contributed by atoms with Crippen LogP contribution in [0.5, 0.6) is 0 Å². The lowest BCUT2D eigenvalue weighted by atomic mass is 10.3. The smallest absolute Gasteiger partial charge is 0.348 e. The van der Waals surface area contributed by atoms with Gasteiger partial charge in [-0.15, -0.1) is 0 Å². The summed E-state index contributed by atoms with van der Waals surface area (Å²) >= 11 is 0. The van der Waals surface area contributed by atoms with E-state index in [4.69, 9.17) is 5.11 Å². The molecule has 0 amide bonds. The van der Waals surface area contributed by atoms with Gasteiger partial charge in [0.2, 0.25) is 0 Å². The van der Waals surface area contributed by atoms with Gasteiger partial charge in [-0.1, -0.05) is 6.08 Å². The maximum atomic E-state index is 11.5. The molecule has 16 heavy (non-hydrogen) atoms. The first-order valence-electron chi connectivity index (χ1n) is 4.87. The fourth-order valence-corrected chi connectivity index (χ4v) is 1.31. The van der Waals surface area contributed by atoms with Gasteiger partial charge in [0.15, 0.2) is 0 Å². The van der Waals surface area contributed by atoms with E-state index in [1.807, 2.05) is 0 Å². The normalized spacial score (nSPS) is 11.6. The molecule has 0 spiro atoms. The Morgan fingerprint density at radius 3 is 2.69 bits per heavy atom. The summed E-state index contributed by atoms with van der Waals surface area (Å²) in [5, 5.41) is 8.67. The molecular formula is C11H14N2O3. The number of rotatable bonds is 3. The Balaban J connectivity index is 3.04. The lowest BCUT2D eigenvalue weighted by molar-refractivity contribution is -0.132. The van der Waals surface area contributed by atoms with Gasteiger partial charge in [0.25, 0.3) is 0 Å². The Morgan fingerprint density at radius 2 is 2.19 bits per heavy atom. The molecule has 0 radical (unpaired) electrons. The molecule has 1 N–H and O–H groups in total. The van der Waals surface area contributed by atoms with Crippen LogP contribution >= 0.6 is 0 Å². The van der Waals surface area contributed by atoms with Crippen molar-refractivity contribution < 1.29 is 9.90 Å². The average Bonchev–Trinajstić information content (AvgIpc) is 2.15. The zero-order valence-electron chi connectivity index (χ0n) is 9.52. The van der Waals surface area contributed by atoms with Gasteiger partial charge in [-0.3, -0.25) is 4.57 Å². The third kappa shape index (κ3) is 2.79. The van der Waals surface area contributed by atoms with Crippen molar-refractivity contribution in [1.82, 2.24) is 9.55 Å². The van der Waals surface area contributed by atoms with Gasteiger partial charge in [0.1, 0.15) is 0 Å². The van der Waals surface area contributed by atoms with E-state index in [9.17, 15) is 9.59 Å². The van der Waals surface area contributed by atoms with Gasteiger partial charge in [-0.05, 0) is 26.8 Å². The highest BCUT2D eigenvalue weighted by atomic mass is 16.4. The van der Waals surface area contributed by atoms with Gasteiger partial charge in [0.05, 0.1) is 0 Å². The molecule has 0 aliphatic heterocycles. The minimum atomic E-state index is -0.981. The van der Waals surface area contributed by atoms with Crippen molar-refractivity contribution in [3.63, 3.8) is 0 Å². The quantitative estimate of drug-likeness (QED) is 0.771. The van der Waals surface area contributed by atoms with Crippen molar-refractivity contribution in [2.45, 2.75) is 27.3 Å². The Bertz CT molecular complexity index is 500. The van der Waals surface area contributed by atoms with Crippen LogP contribution in [0.2, 0.25) is 0 Å². The van der Waals surface area contributed by atoms with E-state index in [1.165, 1.54) is 17.6 Å². The van der Waals surface area contributed by atoms with Crippen molar-refractivity contribution >= 4 is 5.97 Å². The van der Waals surface area contributed by atoms with E-state index in [0.717, 1.165) is 5.69 Å². The molecule has 0 unspecified atom stereocenters. The maximum absolute atomic E-state index is 11.5. The molecule has 1 aromatic rings. The van der Waals surface area contributed by atoms with E-state index in [-0.39, 0.29) is 17.8 Å². The Hall–Kier alpha value is -1.91. The maximum Gasteiger partial charge on any atom is 0.348 e. The summed E-state index contributed by atoms with van der Waals surface area (Å²) in [6.45, 7) is 5.26. The highest BCUT2D eigenvalue weighted by molar-refractivity contribution is 5.85. The number of hydrogen-bond acceptors (Lipinski definition) is 3. The number of hydrogen-bond donors (Lipinski definition) is 1. The number of carboxylic acids is 1. The first kappa shape index (κ1) is 12.2. The van der Waals surface area contributed by atoms with E-state index in [0.29, 0.717) is 5.69 Å². The standard InChI is InChI=1S/C11H14N2O3/c1-7(10(14)15)4-5-13-9(3)6-8(2)12-11(13)16/h4,6H,5H2,1-3H3,(H,14,15). The molecule has 1 aromatic heterocycles. The van der Waals surface area contributed by atoms with Crippen molar-refractivity contribution in [2.75, 3.05) is 0 Å². The molecule has 86 valence electrons. The molecule has 0 atom stereocenters. The van der Waals surface area contributed by atoms with Crippen molar-refractivity contribution in [1.29, 1.82) is 0 Å². The number of nitrogens with zero attached hydrogens (tertiary/aromatic N) is 2. The first-order chi connectivity index (χ1) is 7.41. The second kappa shape index (κ2) is 4.74. The lowest BCUT2D eigenvalue weighted by Gasteiger charge is -2.06. The van der Waals surface area contributed by atoms with E-state index < -0.39 is 5.97 Å². The van der Waals surface area contributed by atoms with Gasteiger partial charge >= 0.3 is 11.7 Å². The molecule has 0 bridgehead atoms. The van der Waals surface area contributed by atoms with Crippen LogP contribution in [-0.4, -0.2) is 20.6 Å². The SMILES string of the molecule is CC(=CCn1c(C)cc(C)nc1=O)C(=O)O. The molecule has 0 aromatic carbocycles. The van der Waals surface area contributed by atoms with Crippen LogP contribution in [0, 0.1) is 13.8 Å². The summed E-state index contributed by atoms with van der Waals surface area (Å²) in [5.74, 6) is -0.981. The molecule has 0 saturated heterocycles. The zero-order valence-corrected chi connectivity index (χ0v) is 9.52. The lowest BCUT2D eigenvalue weighted by Crippen LogP contribution is -2.25. The van der Waals surface area contributed by atoms with Crippen LogP contribution in [-0.2, 0) is 11.3 Å². The molecule has 1 rings (SSSR count). The molecule has 5 nitrogen and oxygen atoms in total. The summed E-state index contributed by atoms with van der Waals surface area (Å²) in [6, 6.07) is 1.78.